The minimum atomic E-state index is 0.198. The van der Waals surface area contributed by atoms with Gasteiger partial charge in [0.15, 0.2) is 0 Å². The third kappa shape index (κ3) is 11.4. The largest absolute Gasteiger partial charge is 0.356 e. The number of rotatable bonds is 10. The maximum absolute atomic E-state index is 11.3. The van der Waals surface area contributed by atoms with E-state index in [1.807, 2.05) is 0 Å². The van der Waals surface area contributed by atoms with E-state index in [4.69, 9.17) is 5.73 Å². The Morgan fingerprint density at radius 1 is 1.07 bits per heavy atom. The van der Waals surface area contributed by atoms with Gasteiger partial charge in [-0.1, -0.05) is 32.6 Å². The number of unbranched alkanes of at least 4 members (excludes halogenated alkanes) is 5. The number of carbonyl (C=O) groups is 1. The SMILES string of the molecule is CCCCCCNC(=O)CCCCCN. The standard InChI is InChI=1S/C12H26N2O/c1-2-3-4-8-11-14-12(15)9-6-5-7-10-13/h2-11,13H2,1H3,(H,14,15). The van der Waals surface area contributed by atoms with Crippen molar-refractivity contribution in [3.63, 3.8) is 0 Å². The molecule has 0 fully saturated rings. The zero-order valence-corrected chi connectivity index (χ0v) is 10.1. The number of nitrogens with one attached hydrogen (secondary N) is 1. The molecule has 0 rings (SSSR count). The number of carbonyl (C=O) groups excluding carboxylic acids is 1. The third-order valence-electron chi connectivity index (χ3n) is 2.46. The fraction of sp³-hybridized carbons (Fsp3) is 0.917. The molecule has 0 unspecified atom stereocenters. The van der Waals surface area contributed by atoms with Crippen molar-refractivity contribution in [1.82, 2.24) is 5.32 Å². The van der Waals surface area contributed by atoms with Gasteiger partial charge in [-0.3, -0.25) is 4.79 Å². The van der Waals surface area contributed by atoms with Crippen LogP contribution in [0.15, 0.2) is 0 Å². The maximum atomic E-state index is 11.3. The van der Waals surface area contributed by atoms with Crippen molar-refractivity contribution < 1.29 is 4.79 Å². The molecule has 0 aliphatic carbocycles. The average Bonchev–Trinajstić information content (AvgIpc) is 2.24. The molecule has 0 saturated heterocycles. The second-order valence-electron chi connectivity index (χ2n) is 4.01. The molecule has 0 aliphatic heterocycles. The summed E-state index contributed by atoms with van der Waals surface area (Å²) in [5.74, 6) is 0.198. The molecule has 3 heteroatoms. The molecule has 0 aliphatic rings. The monoisotopic (exact) mass is 214 g/mol. The van der Waals surface area contributed by atoms with Crippen molar-refractivity contribution in [2.75, 3.05) is 13.1 Å². The molecule has 0 saturated carbocycles. The minimum Gasteiger partial charge on any atom is -0.356 e. The summed E-state index contributed by atoms with van der Waals surface area (Å²) >= 11 is 0. The minimum absolute atomic E-state index is 0.198. The summed E-state index contributed by atoms with van der Waals surface area (Å²) in [5.41, 5.74) is 5.37. The number of nitrogens with two attached hydrogens (primary N) is 1. The molecule has 3 nitrogen and oxygen atoms in total. The lowest BCUT2D eigenvalue weighted by Gasteiger charge is -2.04. The van der Waals surface area contributed by atoms with Gasteiger partial charge in [-0.25, -0.2) is 0 Å². The summed E-state index contributed by atoms with van der Waals surface area (Å²) in [4.78, 5) is 11.3. The first-order valence-electron chi connectivity index (χ1n) is 6.28. The van der Waals surface area contributed by atoms with Crippen molar-refractivity contribution in [2.24, 2.45) is 5.73 Å². The summed E-state index contributed by atoms with van der Waals surface area (Å²) in [7, 11) is 0. The number of amides is 1. The highest BCUT2D eigenvalue weighted by Gasteiger charge is 1.99. The van der Waals surface area contributed by atoms with Crippen molar-refractivity contribution in [3.05, 3.63) is 0 Å². The van der Waals surface area contributed by atoms with E-state index >= 15 is 0 Å². The Balaban J connectivity index is 3.11. The third-order valence-corrected chi connectivity index (χ3v) is 2.46. The average molecular weight is 214 g/mol. The normalized spacial score (nSPS) is 10.3. The highest BCUT2D eigenvalue weighted by Crippen LogP contribution is 1.99. The molecule has 0 aromatic carbocycles. The van der Waals surface area contributed by atoms with Crippen LogP contribution >= 0.6 is 0 Å². The van der Waals surface area contributed by atoms with Crippen LogP contribution in [0.25, 0.3) is 0 Å². The van der Waals surface area contributed by atoms with Gasteiger partial charge in [0.05, 0.1) is 0 Å². The number of hydrogen-bond donors (Lipinski definition) is 2. The molecule has 0 aromatic heterocycles. The van der Waals surface area contributed by atoms with E-state index in [1.165, 1.54) is 19.3 Å². The zero-order chi connectivity index (χ0) is 11.4. The van der Waals surface area contributed by atoms with Gasteiger partial charge < -0.3 is 11.1 Å². The van der Waals surface area contributed by atoms with Crippen LogP contribution < -0.4 is 11.1 Å². The van der Waals surface area contributed by atoms with E-state index in [1.54, 1.807) is 0 Å². The van der Waals surface area contributed by atoms with Crippen molar-refractivity contribution >= 4 is 5.91 Å². The van der Waals surface area contributed by atoms with Gasteiger partial charge in [-0.05, 0) is 25.8 Å². The maximum Gasteiger partial charge on any atom is 0.219 e. The Bertz CT molecular complexity index is 149. The molecule has 0 atom stereocenters. The van der Waals surface area contributed by atoms with E-state index in [0.717, 1.165) is 38.8 Å². The van der Waals surface area contributed by atoms with Crippen LogP contribution in [0.2, 0.25) is 0 Å². The Morgan fingerprint density at radius 3 is 2.47 bits per heavy atom. The van der Waals surface area contributed by atoms with Crippen LogP contribution in [0.1, 0.15) is 58.3 Å². The fourth-order valence-electron chi connectivity index (χ4n) is 1.47. The van der Waals surface area contributed by atoms with E-state index in [-0.39, 0.29) is 5.91 Å². The molecule has 0 spiro atoms. The van der Waals surface area contributed by atoms with E-state index in [2.05, 4.69) is 12.2 Å². The van der Waals surface area contributed by atoms with Crippen LogP contribution in [-0.2, 0) is 4.79 Å². The molecular formula is C12H26N2O. The molecular weight excluding hydrogens is 188 g/mol. The van der Waals surface area contributed by atoms with Gasteiger partial charge in [-0.2, -0.15) is 0 Å². The van der Waals surface area contributed by atoms with Crippen molar-refractivity contribution in [1.29, 1.82) is 0 Å². The van der Waals surface area contributed by atoms with Crippen LogP contribution in [0.5, 0.6) is 0 Å². The molecule has 0 bridgehead atoms. The van der Waals surface area contributed by atoms with Gasteiger partial charge in [0.2, 0.25) is 5.91 Å². The lowest BCUT2D eigenvalue weighted by molar-refractivity contribution is -0.121. The first-order valence-corrected chi connectivity index (χ1v) is 6.28. The summed E-state index contributed by atoms with van der Waals surface area (Å²) in [6.07, 6.45) is 8.58. The lowest BCUT2D eigenvalue weighted by Crippen LogP contribution is -2.24. The molecule has 3 N–H and O–H groups in total. The molecule has 0 heterocycles. The Kier molecular flexibility index (Phi) is 11.1. The summed E-state index contributed by atoms with van der Waals surface area (Å²) < 4.78 is 0. The summed E-state index contributed by atoms with van der Waals surface area (Å²) in [6, 6.07) is 0. The van der Waals surface area contributed by atoms with Gasteiger partial charge in [0, 0.05) is 13.0 Å². The van der Waals surface area contributed by atoms with Crippen LogP contribution in [0.4, 0.5) is 0 Å². The summed E-state index contributed by atoms with van der Waals surface area (Å²) in [5, 5.41) is 2.95. The lowest BCUT2D eigenvalue weighted by atomic mass is 10.2. The Hall–Kier alpha value is -0.570. The second kappa shape index (κ2) is 11.5. The van der Waals surface area contributed by atoms with E-state index in [9.17, 15) is 4.79 Å². The molecule has 15 heavy (non-hydrogen) atoms. The Labute approximate surface area is 93.8 Å². The molecule has 1 amide bonds. The predicted octanol–water partition coefficient (Wildman–Crippen LogP) is 2.20. The van der Waals surface area contributed by atoms with Gasteiger partial charge in [0.25, 0.3) is 0 Å². The summed E-state index contributed by atoms with van der Waals surface area (Å²) in [6.45, 7) is 3.77. The quantitative estimate of drug-likeness (QED) is 0.548. The van der Waals surface area contributed by atoms with E-state index in [0.29, 0.717) is 6.42 Å². The predicted molar refractivity (Wildman–Crippen MR) is 64.7 cm³/mol. The van der Waals surface area contributed by atoms with Crippen LogP contribution in [-0.4, -0.2) is 19.0 Å². The highest BCUT2D eigenvalue weighted by molar-refractivity contribution is 5.75. The van der Waals surface area contributed by atoms with Crippen LogP contribution in [0.3, 0.4) is 0 Å². The molecule has 90 valence electrons. The smallest absolute Gasteiger partial charge is 0.219 e. The molecule has 0 radical (unpaired) electrons. The van der Waals surface area contributed by atoms with Crippen LogP contribution in [0, 0.1) is 0 Å². The van der Waals surface area contributed by atoms with Crippen molar-refractivity contribution in [3.8, 4) is 0 Å². The Morgan fingerprint density at radius 2 is 1.80 bits per heavy atom. The zero-order valence-electron chi connectivity index (χ0n) is 10.1. The van der Waals surface area contributed by atoms with E-state index < -0.39 is 0 Å². The van der Waals surface area contributed by atoms with Crippen molar-refractivity contribution in [2.45, 2.75) is 58.3 Å². The first kappa shape index (κ1) is 14.4. The van der Waals surface area contributed by atoms with Gasteiger partial charge >= 0.3 is 0 Å². The van der Waals surface area contributed by atoms with Gasteiger partial charge in [0.1, 0.15) is 0 Å². The first-order chi connectivity index (χ1) is 7.31. The highest BCUT2D eigenvalue weighted by atomic mass is 16.1. The number of hydrogen-bond acceptors (Lipinski definition) is 2. The van der Waals surface area contributed by atoms with Gasteiger partial charge in [-0.15, -0.1) is 0 Å². The molecule has 0 aromatic rings. The second-order valence-corrected chi connectivity index (χ2v) is 4.01. The topological polar surface area (TPSA) is 55.1 Å². The fourth-order valence-corrected chi connectivity index (χ4v) is 1.47.